The van der Waals surface area contributed by atoms with Gasteiger partial charge in [0.15, 0.2) is 0 Å². The van der Waals surface area contributed by atoms with Gasteiger partial charge in [0.1, 0.15) is 0 Å². The molecule has 1 aliphatic rings. The Hall–Kier alpha value is -2.27. The average molecular weight is 283 g/mol. The second-order valence-electron chi connectivity index (χ2n) is 5.24. The number of piperidine rings is 1. The van der Waals surface area contributed by atoms with Crippen molar-refractivity contribution in [1.29, 1.82) is 0 Å². The van der Waals surface area contributed by atoms with Gasteiger partial charge in [-0.3, -0.25) is 4.98 Å². The Morgan fingerprint density at radius 1 is 1.14 bits per heavy atom. The number of aromatic carboxylic acids is 1. The highest BCUT2D eigenvalue weighted by Crippen LogP contribution is 2.25. The van der Waals surface area contributed by atoms with Crippen molar-refractivity contribution in [1.82, 2.24) is 15.3 Å². The molecule has 1 saturated heterocycles. The third-order valence-electron chi connectivity index (χ3n) is 3.84. The summed E-state index contributed by atoms with van der Waals surface area (Å²) in [5.74, 6) is -0.465. The van der Waals surface area contributed by atoms with Gasteiger partial charge in [-0.05, 0) is 38.1 Å². The number of carboxylic acids is 1. The van der Waals surface area contributed by atoms with Crippen molar-refractivity contribution in [2.75, 3.05) is 13.1 Å². The van der Waals surface area contributed by atoms with Gasteiger partial charge in [0.2, 0.25) is 0 Å². The van der Waals surface area contributed by atoms with E-state index < -0.39 is 5.97 Å². The van der Waals surface area contributed by atoms with E-state index in [0.717, 1.165) is 42.9 Å². The highest BCUT2D eigenvalue weighted by atomic mass is 16.4. The minimum absolute atomic E-state index is 0.279. The second-order valence-corrected chi connectivity index (χ2v) is 5.24. The highest BCUT2D eigenvalue weighted by Gasteiger charge is 2.17. The van der Waals surface area contributed by atoms with E-state index in [1.54, 1.807) is 30.5 Å². The molecule has 0 saturated carbocycles. The van der Waals surface area contributed by atoms with E-state index in [9.17, 15) is 4.79 Å². The SMILES string of the molecule is O=C(O)c1ccc(-c2cncc(C3CCNCC3)n2)cc1. The largest absolute Gasteiger partial charge is 0.478 e. The standard InChI is InChI=1S/C16H17N3O2/c20-16(21)13-3-1-11(2-4-13)14-9-18-10-15(19-14)12-5-7-17-8-6-12/h1-4,9-10,12,17H,5-8H2,(H,20,21). The average Bonchev–Trinajstić information content (AvgIpc) is 2.56. The smallest absolute Gasteiger partial charge is 0.335 e. The Morgan fingerprint density at radius 2 is 1.86 bits per heavy atom. The minimum atomic E-state index is -0.920. The van der Waals surface area contributed by atoms with Gasteiger partial charge in [0, 0.05) is 17.7 Å². The molecule has 0 unspecified atom stereocenters. The first kappa shape index (κ1) is 13.7. The maximum Gasteiger partial charge on any atom is 0.335 e. The molecule has 21 heavy (non-hydrogen) atoms. The Morgan fingerprint density at radius 3 is 2.52 bits per heavy atom. The zero-order valence-corrected chi connectivity index (χ0v) is 11.6. The van der Waals surface area contributed by atoms with E-state index in [1.165, 1.54) is 0 Å². The van der Waals surface area contributed by atoms with E-state index in [2.05, 4.69) is 10.3 Å². The fraction of sp³-hybridized carbons (Fsp3) is 0.312. The molecule has 2 heterocycles. The van der Waals surface area contributed by atoms with Crippen LogP contribution in [0.4, 0.5) is 0 Å². The Kier molecular flexibility index (Phi) is 3.92. The summed E-state index contributed by atoms with van der Waals surface area (Å²) in [4.78, 5) is 19.9. The van der Waals surface area contributed by atoms with Crippen molar-refractivity contribution in [2.45, 2.75) is 18.8 Å². The van der Waals surface area contributed by atoms with Crippen LogP contribution in [-0.2, 0) is 0 Å². The Balaban J connectivity index is 1.86. The lowest BCUT2D eigenvalue weighted by molar-refractivity contribution is 0.0697. The molecule has 108 valence electrons. The molecule has 0 atom stereocenters. The van der Waals surface area contributed by atoms with Crippen LogP contribution in [0.5, 0.6) is 0 Å². The summed E-state index contributed by atoms with van der Waals surface area (Å²) in [6.45, 7) is 2.04. The van der Waals surface area contributed by atoms with Crippen molar-refractivity contribution in [3.63, 3.8) is 0 Å². The van der Waals surface area contributed by atoms with Gasteiger partial charge in [0.05, 0.1) is 23.1 Å². The van der Waals surface area contributed by atoms with Gasteiger partial charge in [-0.2, -0.15) is 0 Å². The number of benzene rings is 1. The van der Waals surface area contributed by atoms with Crippen LogP contribution < -0.4 is 5.32 Å². The van der Waals surface area contributed by atoms with Crippen LogP contribution in [-0.4, -0.2) is 34.1 Å². The molecule has 0 aliphatic carbocycles. The number of carboxylic acid groups (broad SMARTS) is 1. The Labute approximate surface area is 123 Å². The summed E-state index contributed by atoms with van der Waals surface area (Å²) in [5.41, 5.74) is 2.99. The maximum absolute atomic E-state index is 10.9. The second kappa shape index (κ2) is 6.01. The van der Waals surface area contributed by atoms with Gasteiger partial charge < -0.3 is 10.4 Å². The zero-order valence-electron chi connectivity index (χ0n) is 11.6. The zero-order chi connectivity index (χ0) is 14.7. The van der Waals surface area contributed by atoms with Crippen molar-refractivity contribution in [3.05, 3.63) is 47.9 Å². The molecule has 1 aliphatic heterocycles. The molecular weight excluding hydrogens is 266 g/mol. The molecule has 1 aromatic carbocycles. The fourth-order valence-electron chi connectivity index (χ4n) is 2.62. The number of rotatable bonds is 3. The van der Waals surface area contributed by atoms with Crippen LogP contribution >= 0.6 is 0 Å². The molecule has 1 fully saturated rings. The number of hydrogen-bond acceptors (Lipinski definition) is 4. The topological polar surface area (TPSA) is 75.1 Å². The first-order valence-corrected chi connectivity index (χ1v) is 7.10. The summed E-state index contributed by atoms with van der Waals surface area (Å²) in [5, 5.41) is 12.3. The van der Waals surface area contributed by atoms with E-state index in [1.807, 2.05) is 6.20 Å². The summed E-state index contributed by atoms with van der Waals surface area (Å²) in [6, 6.07) is 6.74. The van der Waals surface area contributed by atoms with Gasteiger partial charge in [-0.1, -0.05) is 12.1 Å². The van der Waals surface area contributed by atoms with Gasteiger partial charge in [-0.15, -0.1) is 0 Å². The van der Waals surface area contributed by atoms with Crippen LogP contribution in [0.15, 0.2) is 36.7 Å². The molecule has 0 radical (unpaired) electrons. The van der Waals surface area contributed by atoms with Crippen LogP contribution in [0.25, 0.3) is 11.3 Å². The molecule has 0 spiro atoms. The lowest BCUT2D eigenvalue weighted by Gasteiger charge is -2.22. The molecule has 3 rings (SSSR count). The number of aromatic nitrogens is 2. The third kappa shape index (κ3) is 3.08. The third-order valence-corrected chi connectivity index (χ3v) is 3.84. The fourth-order valence-corrected chi connectivity index (χ4v) is 2.62. The van der Waals surface area contributed by atoms with Crippen molar-refractivity contribution in [3.8, 4) is 11.3 Å². The molecule has 1 aromatic heterocycles. The summed E-state index contributed by atoms with van der Waals surface area (Å²) < 4.78 is 0. The van der Waals surface area contributed by atoms with Crippen LogP contribution in [0.1, 0.15) is 34.8 Å². The van der Waals surface area contributed by atoms with Crippen LogP contribution in [0.2, 0.25) is 0 Å². The first-order valence-electron chi connectivity index (χ1n) is 7.10. The minimum Gasteiger partial charge on any atom is -0.478 e. The summed E-state index contributed by atoms with van der Waals surface area (Å²) in [7, 11) is 0. The lowest BCUT2D eigenvalue weighted by Crippen LogP contribution is -2.27. The molecule has 5 nitrogen and oxygen atoms in total. The van der Waals surface area contributed by atoms with Crippen LogP contribution in [0.3, 0.4) is 0 Å². The number of nitrogens with zero attached hydrogens (tertiary/aromatic N) is 2. The van der Waals surface area contributed by atoms with E-state index >= 15 is 0 Å². The first-order chi connectivity index (χ1) is 10.2. The van der Waals surface area contributed by atoms with Crippen molar-refractivity contribution in [2.24, 2.45) is 0 Å². The number of carbonyl (C=O) groups is 1. The molecule has 2 N–H and O–H groups in total. The van der Waals surface area contributed by atoms with Crippen LogP contribution in [0, 0.1) is 0 Å². The molecule has 5 heteroatoms. The summed E-state index contributed by atoms with van der Waals surface area (Å²) in [6.07, 6.45) is 5.72. The highest BCUT2D eigenvalue weighted by molar-refractivity contribution is 5.88. The quantitative estimate of drug-likeness (QED) is 0.904. The van der Waals surface area contributed by atoms with Crippen molar-refractivity contribution < 1.29 is 9.90 Å². The van der Waals surface area contributed by atoms with E-state index in [-0.39, 0.29) is 5.56 Å². The molecule has 2 aromatic rings. The predicted octanol–water partition coefficient (Wildman–Crippen LogP) is 2.31. The maximum atomic E-state index is 10.9. The molecule has 0 bridgehead atoms. The lowest BCUT2D eigenvalue weighted by atomic mass is 9.95. The number of hydrogen-bond donors (Lipinski definition) is 2. The molecule has 0 amide bonds. The van der Waals surface area contributed by atoms with Crippen molar-refractivity contribution >= 4 is 5.97 Å². The van der Waals surface area contributed by atoms with E-state index in [4.69, 9.17) is 10.1 Å². The monoisotopic (exact) mass is 283 g/mol. The predicted molar refractivity (Wildman–Crippen MR) is 79.3 cm³/mol. The van der Waals surface area contributed by atoms with E-state index in [0.29, 0.717) is 5.92 Å². The summed E-state index contributed by atoms with van der Waals surface area (Å²) >= 11 is 0. The normalized spacial score (nSPS) is 15.8. The Bertz CT molecular complexity index is 634. The van der Waals surface area contributed by atoms with Gasteiger partial charge in [0.25, 0.3) is 0 Å². The molecular formula is C16H17N3O2. The van der Waals surface area contributed by atoms with Gasteiger partial charge >= 0.3 is 5.97 Å². The van der Waals surface area contributed by atoms with Gasteiger partial charge in [-0.25, -0.2) is 9.78 Å². The number of nitrogens with one attached hydrogen (secondary N) is 1.